The van der Waals surface area contributed by atoms with Gasteiger partial charge in [-0.1, -0.05) is 23.3 Å². The lowest BCUT2D eigenvalue weighted by molar-refractivity contribution is -0.115. The molecule has 2 aromatic heterocycles. The number of tetrazole rings is 1. The van der Waals surface area contributed by atoms with Gasteiger partial charge in [-0.15, -0.1) is 16.4 Å². The second kappa shape index (κ2) is 7.42. The second-order valence-corrected chi connectivity index (χ2v) is 6.73. The Balaban J connectivity index is 1.69. The van der Waals surface area contributed by atoms with E-state index in [0.29, 0.717) is 11.5 Å². The smallest absolute Gasteiger partial charge is 0.269 e. The van der Waals surface area contributed by atoms with Crippen molar-refractivity contribution < 1.29 is 14.3 Å². The number of aromatic nitrogens is 4. The molecule has 0 spiro atoms. The molecule has 0 radical (unpaired) electrons. The van der Waals surface area contributed by atoms with Crippen molar-refractivity contribution in [3.63, 3.8) is 0 Å². The summed E-state index contributed by atoms with van der Waals surface area (Å²) >= 11 is 1.50. The molecule has 0 bridgehead atoms. The minimum absolute atomic E-state index is 0.123. The molecule has 2 N–H and O–H groups in total. The molecule has 0 fully saturated rings. The van der Waals surface area contributed by atoms with E-state index in [4.69, 9.17) is 9.47 Å². The summed E-state index contributed by atoms with van der Waals surface area (Å²) in [6.07, 6.45) is 0.123. The van der Waals surface area contributed by atoms with Crippen LogP contribution in [0, 0.1) is 0 Å². The lowest BCUT2D eigenvalue weighted by Gasteiger charge is -2.08. The zero-order valence-corrected chi connectivity index (χ0v) is 15.1. The first-order valence-electron chi connectivity index (χ1n) is 8.08. The number of hydrogen-bond acceptors (Lipinski definition) is 7. The molecule has 0 aliphatic carbocycles. The minimum Gasteiger partial charge on any atom is -0.497 e. The number of H-pyrrole nitrogens is 1. The van der Waals surface area contributed by atoms with Crippen LogP contribution in [0.2, 0.25) is 0 Å². The molecule has 4 rings (SSSR count). The first-order chi connectivity index (χ1) is 13.2. The van der Waals surface area contributed by atoms with Gasteiger partial charge in [-0.05, 0) is 35.5 Å². The number of hydrogen-bond donors (Lipinski definition) is 2. The van der Waals surface area contributed by atoms with Crippen LogP contribution >= 0.6 is 11.3 Å². The molecule has 0 unspecified atom stereocenters. The SMILES string of the molecule is COc1ccc2sc(CC(=O)Nc3nn[nH]n3)c(Oc3ccccc3)c2c1. The lowest BCUT2D eigenvalue weighted by Crippen LogP contribution is -2.15. The van der Waals surface area contributed by atoms with E-state index in [1.807, 2.05) is 48.5 Å². The summed E-state index contributed by atoms with van der Waals surface area (Å²) in [7, 11) is 1.62. The van der Waals surface area contributed by atoms with E-state index in [1.165, 1.54) is 11.3 Å². The topological polar surface area (TPSA) is 102 Å². The van der Waals surface area contributed by atoms with Crippen molar-refractivity contribution in [2.45, 2.75) is 6.42 Å². The van der Waals surface area contributed by atoms with Gasteiger partial charge in [-0.2, -0.15) is 5.21 Å². The molecule has 27 heavy (non-hydrogen) atoms. The fourth-order valence-electron chi connectivity index (χ4n) is 2.60. The second-order valence-electron chi connectivity index (χ2n) is 5.59. The Hall–Kier alpha value is -3.46. The molecule has 136 valence electrons. The maximum atomic E-state index is 12.4. The summed E-state index contributed by atoms with van der Waals surface area (Å²) < 4.78 is 12.5. The van der Waals surface area contributed by atoms with Crippen LogP contribution in [0.5, 0.6) is 17.2 Å². The molecule has 2 heterocycles. The van der Waals surface area contributed by atoms with E-state index < -0.39 is 0 Å². The van der Waals surface area contributed by atoms with E-state index in [2.05, 4.69) is 25.9 Å². The normalized spacial score (nSPS) is 10.7. The first-order valence-corrected chi connectivity index (χ1v) is 8.90. The molecule has 8 nitrogen and oxygen atoms in total. The number of amides is 1. The lowest BCUT2D eigenvalue weighted by atomic mass is 10.2. The van der Waals surface area contributed by atoms with Gasteiger partial charge in [0.2, 0.25) is 5.91 Å². The number of aromatic amines is 1. The van der Waals surface area contributed by atoms with Crippen LogP contribution in [0.4, 0.5) is 5.95 Å². The number of ether oxygens (including phenoxy) is 2. The summed E-state index contributed by atoms with van der Waals surface area (Å²) in [6.45, 7) is 0. The summed E-state index contributed by atoms with van der Waals surface area (Å²) in [5.41, 5.74) is 0. The Morgan fingerprint density at radius 1 is 1.19 bits per heavy atom. The van der Waals surface area contributed by atoms with Gasteiger partial charge in [0.05, 0.1) is 18.4 Å². The van der Waals surface area contributed by atoms with Crippen molar-refractivity contribution in [1.82, 2.24) is 20.6 Å². The van der Waals surface area contributed by atoms with E-state index >= 15 is 0 Å². The number of benzene rings is 2. The molecule has 0 saturated carbocycles. The van der Waals surface area contributed by atoms with Gasteiger partial charge < -0.3 is 9.47 Å². The number of nitrogens with zero attached hydrogens (tertiary/aromatic N) is 3. The van der Waals surface area contributed by atoms with E-state index in [9.17, 15) is 4.79 Å². The molecule has 0 saturated heterocycles. The van der Waals surface area contributed by atoms with Crippen molar-refractivity contribution in [1.29, 1.82) is 0 Å². The van der Waals surface area contributed by atoms with Gasteiger partial charge in [0.25, 0.3) is 5.95 Å². The Kier molecular flexibility index (Phi) is 4.67. The summed E-state index contributed by atoms with van der Waals surface area (Å²) in [5, 5.41) is 16.7. The van der Waals surface area contributed by atoms with E-state index in [0.717, 1.165) is 20.7 Å². The molecule has 1 amide bonds. The maximum absolute atomic E-state index is 12.4. The number of para-hydroxylation sites is 1. The number of thiophene rings is 1. The van der Waals surface area contributed by atoms with Gasteiger partial charge in [0.15, 0.2) is 0 Å². The average molecular weight is 381 g/mol. The zero-order valence-electron chi connectivity index (χ0n) is 14.3. The molecule has 4 aromatic rings. The van der Waals surface area contributed by atoms with Crippen LogP contribution in [0.15, 0.2) is 48.5 Å². The maximum Gasteiger partial charge on any atom is 0.269 e. The third-order valence-electron chi connectivity index (χ3n) is 3.80. The highest BCUT2D eigenvalue weighted by Crippen LogP contribution is 2.42. The standard InChI is InChI=1S/C18H15N5O3S/c1-25-12-7-8-14-13(9-12)17(26-11-5-3-2-4-6-11)15(27-14)10-16(24)19-18-20-22-23-21-18/h2-9H,10H2,1H3,(H2,19,20,21,22,23,24). The van der Waals surface area contributed by atoms with E-state index in [-0.39, 0.29) is 18.3 Å². The van der Waals surface area contributed by atoms with Gasteiger partial charge in [0.1, 0.15) is 17.2 Å². The zero-order chi connectivity index (χ0) is 18.6. The number of rotatable bonds is 6. The quantitative estimate of drug-likeness (QED) is 0.531. The average Bonchev–Trinajstić information content (AvgIpc) is 3.30. The molecule has 9 heteroatoms. The Labute approximate surface area is 158 Å². The Bertz CT molecular complexity index is 1060. The number of fused-ring (bicyclic) bond motifs is 1. The predicted octanol–water partition coefficient (Wildman–Crippen LogP) is 3.40. The van der Waals surface area contributed by atoms with Crippen LogP contribution in [0.3, 0.4) is 0 Å². The van der Waals surface area contributed by atoms with Crippen LogP contribution in [-0.4, -0.2) is 33.6 Å². The third kappa shape index (κ3) is 3.72. The van der Waals surface area contributed by atoms with Crippen LogP contribution in [-0.2, 0) is 11.2 Å². The van der Waals surface area contributed by atoms with E-state index in [1.54, 1.807) is 7.11 Å². The number of methoxy groups -OCH3 is 1. The number of carbonyl (C=O) groups excluding carboxylic acids is 1. The Morgan fingerprint density at radius 2 is 2.04 bits per heavy atom. The van der Waals surface area contributed by atoms with Gasteiger partial charge in [-0.25, -0.2) is 0 Å². The largest absolute Gasteiger partial charge is 0.497 e. The molecule has 0 aliphatic heterocycles. The van der Waals surface area contributed by atoms with Crippen molar-refractivity contribution in [3.05, 3.63) is 53.4 Å². The molecule has 2 aromatic carbocycles. The highest BCUT2D eigenvalue weighted by molar-refractivity contribution is 7.19. The van der Waals surface area contributed by atoms with Crippen molar-refractivity contribution in [2.75, 3.05) is 12.4 Å². The molecular formula is C18H15N5O3S. The Morgan fingerprint density at radius 3 is 2.78 bits per heavy atom. The van der Waals surface area contributed by atoms with Gasteiger partial charge in [-0.3, -0.25) is 10.1 Å². The third-order valence-corrected chi connectivity index (χ3v) is 4.95. The van der Waals surface area contributed by atoms with Crippen LogP contribution in [0.1, 0.15) is 4.88 Å². The van der Waals surface area contributed by atoms with Crippen molar-refractivity contribution in [3.8, 4) is 17.2 Å². The summed E-state index contributed by atoms with van der Waals surface area (Å²) in [5.74, 6) is 1.94. The predicted molar refractivity (Wildman–Crippen MR) is 101 cm³/mol. The fraction of sp³-hybridized carbons (Fsp3) is 0.111. The molecular weight excluding hydrogens is 366 g/mol. The highest BCUT2D eigenvalue weighted by Gasteiger charge is 2.19. The summed E-state index contributed by atoms with van der Waals surface area (Å²) in [4.78, 5) is 13.2. The highest BCUT2D eigenvalue weighted by atomic mass is 32.1. The minimum atomic E-state index is -0.257. The fourth-order valence-corrected chi connectivity index (χ4v) is 3.71. The molecule has 0 aliphatic rings. The monoisotopic (exact) mass is 381 g/mol. The van der Waals surface area contributed by atoms with Gasteiger partial charge in [0, 0.05) is 10.1 Å². The number of carbonyl (C=O) groups is 1. The summed E-state index contributed by atoms with van der Waals surface area (Å²) in [6, 6.07) is 15.2. The molecule has 0 atom stereocenters. The van der Waals surface area contributed by atoms with Gasteiger partial charge >= 0.3 is 0 Å². The van der Waals surface area contributed by atoms with Crippen LogP contribution < -0.4 is 14.8 Å². The first kappa shape index (κ1) is 17.0. The van der Waals surface area contributed by atoms with Crippen LogP contribution in [0.25, 0.3) is 10.1 Å². The number of anilines is 1. The van der Waals surface area contributed by atoms with Crippen molar-refractivity contribution in [2.24, 2.45) is 0 Å². The number of nitrogens with one attached hydrogen (secondary N) is 2. The van der Waals surface area contributed by atoms with Crippen molar-refractivity contribution >= 4 is 33.3 Å².